The molecule has 1 amide bonds. The second-order valence-corrected chi connectivity index (χ2v) is 7.10. The van der Waals surface area contributed by atoms with Crippen LogP contribution in [0.2, 0.25) is 5.02 Å². The number of rotatable bonds is 5. The lowest BCUT2D eigenvalue weighted by atomic mass is 10.2. The molecule has 0 fully saturated rings. The van der Waals surface area contributed by atoms with Crippen molar-refractivity contribution in [2.24, 2.45) is 0 Å². The number of aromatic amines is 1. The SMILES string of the molecule is O=C(Nc1nn(Cc2ccc(F)cc2)cc1Cl)c1cc(-c2cccs2)[nH]n1. The standard InChI is InChI=1S/C18H13ClFN5OS/c19-13-10-25(9-11-3-5-12(20)6-4-11)24-17(13)21-18(26)15-8-14(22-23-15)16-2-1-7-27-16/h1-8,10H,9H2,(H,22,23)(H,21,24,26). The molecule has 0 radical (unpaired) electrons. The third kappa shape index (κ3) is 3.91. The number of halogens is 2. The minimum Gasteiger partial charge on any atom is -0.302 e. The zero-order valence-corrected chi connectivity index (χ0v) is 15.4. The summed E-state index contributed by atoms with van der Waals surface area (Å²) in [4.78, 5) is 13.4. The second-order valence-electron chi connectivity index (χ2n) is 5.75. The maximum absolute atomic E-state index is 13.0. The lowest BCUT2D eigenvalue weighted by molar-refractivity contribution is 0.102. The van der Waals surface area contributed by atoms with E-state index in [0.717, 1.165) is 16.1 Å². The molecule has 0 saturated carbocycles. The molecule has 1 aromatic carbocycles. The predicted molar refractivity (Wildman–Crippen MR) is 103 cm³/mol. The number of hydrogen-bond donors (Lipinski definition) is 2. The van der Waals surface area contributed by atoms with Gasteiger partial charge in [0.2, 0.25) is 0 Å². The number of thiophene rings is 1. The van der Waals surface area contributed by atoms with Gasteiger partial charge in [-0.2, -0.15) is 10.2 Å². The average Bonchev–Trinajstić information content (AvgIpc) is 3.38. The molecule has 0 bridgehead atoms. The lowest BCUT2D eigenvalue weighted by Crippen LogP contribution is -2.13. The second kappa shape index (κ2) is 7.34. The molecule has 6 nitrogen and oxygen atoms in total. The molecular weight excluding hydrogens is 389 g/mol. The Bertz CT molecular complexity index is 1070. The van der Waals surface area contributed by atoms with Crippen molar-refractivity contribution < 1.29 is 9.18 Å². The van der Waals surface area contributed by atoms with E-state index in [0.29, 0.717) is 11.6 Å². The van der Waals surface area contributed by atoms with E-state index in [4.69, 9.17) is 11.6 Å². The fraction of sp³-hybridized carbons (Fsp3) is 0.0556. The van der Waals surface area contributed by atoms with E-state index in [1.54, 1.807) is 40.4 Å². The van der Waals surface area contributed by atoms with Gasteiger partial charge in [-0.1, -0.05) is 29.8 Å². The first-order valence-corrected chi connectivity index (χ1v) is 9.22. The van der Waals surface area contributed by atoms with E-state index in [1.807, 2.05) is 17.5 Å². The van der Waals surface area contributed by atoms with Crippen LogP contribution in [0.15, 0.2) is 54.0 Å². The summed E-state index contributed by atoms with van der Waals surface area (Å²) < 4.78 is 14.6. The van der Waals surface area contributed by atoms with E-state index < -0.39 is 5.91 Å². The van der Waals surface area contributed by atoms with Gasteiger partial charge in [0.1, 0.15) is 10.8 Å². The van der Waals surface area contributed by atoms with Crippen molar-refractivity contribution in [2.75, 3.05) is 5.32 Å². The normalized spacial score (nSPS) is 10.9. The van der Waals surface area contributed by atoms with Gasteiger partial charge in [-0.25, -0.2) is 4.39 Å². The fourth-order valence-electron chi connectivity index (χ4n) is 2.51. The summed E-state index contributed by atoms with van der Waals surface area (Å²) in [7, 11) is 0. The molecule has 0 aliphatic carbocycles. The van der Waals surface area contributed by atoms with E-state index in [9.17, 15) is 9.18 Å². The van der Waals surface area contributed by atoms with Crippen molar-refractivity contribution in [2.45, 2.75) is 6.54 Å². The summed E-state index contributed by atoms with van der Waals surface area (Å²) in [6.07, 6.45) is 1.60. The Labute approximate surface area is 162 Å². The summed E-state index contributed by atoms with van der Waals surface area (Å²) in [5, 5.41) is 16.1. The van der Waals surface area contributed by atoms with Crippen LogP contribution in [-0.2, 0) is 6.54 Å². The Hall–Kier alpha value is -2.97. The van der Waals surface area contributed by atoms with Gasteiger partial charge in [0.15, 0.2) is 11.5 Å². The van der Waals surface area contributed by atoms with Crippen LogP contribution in [0.25, 0.3) is 10.6 Å². The van der Waals surface area contributed by atoms with Crippen LogP contribution in [0.5, 0.6) is 0 Å². The van der Waals surface area contributed by atoms with Crippen LogP contribution in [0.4, 0.5) is 10.2 Å². The zero-order valence-electron chi connectivity index (χ0n) is 13.8. The lowest BCUT2D eigenvalue weighted by Gasteiger charge is -2.02. The van der Waals surface area contributed by atoms with E-state index in [2.05, 4.69) is 20.6 Å². The van der Waals surface area contributed by atoms with Crippen LogP contribution in [-0.4, -0.2) is 25.9 Å². The molecule has 0 aliphatic heterocycles. The van der Waals surface area contributed by atoms with Gasteiger partial charge in [0.25, 0.3) is 5.91 Å². The number of benzene rings is 1. The molecule has 4 aromatic rings. The number of amides is 1. The number of carbonyl (C=O) groups is 1. The van der Waals surface area contributed by atoms with Crippen molar-refractivity contribution in [1.29, 1.82) is 0 Å². The molecule has 136 valence electrons. The van der Waals surface area contributed by atoms with E-state index in [-0.39, 0.29) is 17.3 Å². The number of aromatic nitrogens is 4. The van der Waals surface area contributed by atoms with Crippen molar-refractivity contribution in [3.05, 3.63) is 76.1 Å². The summed E-state index contributed by atoms with van der Waals surface area (Å²) in [6, 6.07) is 11.6. The van der Waals surface area contributed by atoms with Crippen LogP contribution >= 0.6 is 22.9 Å². The number of carbonyl (C=O) groups excluding carboxylic acids is 1. The topological polar surface area (TPSA) is 75.6 Å². The molecule has 0 saturated heterocycles. The van der Waals surface area contributed by atoms with Gasteiger partial charge in [-0.3, -0.25) is 14.6 Å². The molecule has 4 rings (SSSR count). The van der Waals surface area contributed by atoms with E-state index in [1.165, 1.54) is 12.1 Å². The smallest absolute Gasteiger partial charge is 0.277 e. The first-order valence-electron chi connectivity index (χ1n) is 7.96. The number of anilines is 1. The Morgan fingerprint density at radius 3 is 2.85 bits per heavy atom. The van der Waals surface area contributed by atoms with Crippen molar-refractivity contribution >= 4 is 34.7 Å². The number of hydrogen-bond acceptors (Lipinski definition) is 4. The minimum atomic E-state index is -0.414. The maximum atomic E-state index is 13.0. The van der Waals surface area contributed by atoms with E-state index >= 15 is 0 Å². The highest BCUT2D eigenvalue weighted by molar-refractivity contribution is 7.13. The van der Waals surface area contributed by atoms with Crippen LogP contribution in [0.1, 0.15) is 16.1 Å². The maximum Gasteiger partial charge on any atom is 0.277 e. The largest absolute Gasteiger partial charge is 0.302 e. The molecule has 9 heteroatoms. The van der Waals surface area contributed by atoms with Crippen molar-refractivity contribution in [3.63, 3.8) is 0 Å². The predicted octanol–water partition coefficient (Wildman–Crippen LogP) is 4.43. The molecule has 0 spiro atoms. The summed E-state index contributed by atoms with van der Waals surface area (Å²) >= 11 is 7.72. The van der Waals surface area contributed by atoms with Crippen molar-refractivity contribution in [3.8, 4) is 10.6 Å². The monoisotopic (exact) mass is 401 g/mol. The van der Waals surface area contributed by atoms with Gasteiger partial charge in [-0.15, -0.1) is 11.3 Å². The minimum absolute atomic E-state index is 0.238. The summed E-state index contributed by atoms with van der Waals surface area (Å²) in [5.41, 5.74) is 1.87. The van der Waals surface area contributed by atoms with Crippen LogP contribution < -0.4 is 5.32 Å². The summed E-state index contributed by atoms with van der Waals surface area (Å²) in [6.45, 7) is 0.404. The van der Waals surface area contributed by atoms with Crippen molar-refractivity contribution in [1.82, 2.24) is 20.0 Å². The van der Waals surface area contributed by atoms with Crippen LogP contribution in [0, 0.1) is 5.82 Å². The Morgan fingerprint density at radius 1 is 1.30 bits per heavy atom. The average molecular weight is 402 g/mol. The Morgan fingerprint density at radius 2 is 2.11 bits per heavy atom. The molecule has 27 heavy (non-hydrogen) atoms. The quantitative estimate of drug-likeness (QED) is 0.519. The van der Waals surface area contributed by atoms with Gasteiger partial charge in [0, 0.05) is 6.20 Å². The highest BCUT2D eigenvalue weighted by Crippen LogP contribution is 2.24. The fourth-order valence-corrected chi connectivity index (χ4v) is 3.40. The summed E-state index contributed by atoms with van der Waals surface area (Å²) in [5.74, 6) is -0.474. The van der Waals surface area contributed by atoms with Crippen LogP contribution in [0.3, 0.4) is 0 Å². The van der Waals surface area contributed by atoms with Gasteiger partial charge in [0.05, 0.1) is 17.1 Å². The number of H-pyrrole nitrogens is 1. The number of nitrogens with zero attached hydrogens (tertiary/aromatic N) is 3. The molecule has 3 heterocycles. The zero-order chi connectivity index (χ0) is 18.8. The Balaban J connectivity index is 1.47. The number of nitrogens with one attached hydrogen (secondary N) is 2. The highest BCUT2D eigenvalue weighted by atomic mass is 35.5. The van der Waals surface area contributed by atoms with Gasteiger partial charge < -0.3 is 5.32 Å². The van der Waals surface area contributed by atoms with Gasteiger partial charge in [-0.05, 0) is 35.2 Å². The first kappa shape index (κ1) is 17.4. The third-order valence-corrected chi connectivity index (χ3v) is 4.98. The molecule has 0 atom stereocenters. The molecule has 3 aromatic heterocycles. The first-order chi connectivity index (χ1) is 13.1. The Kier molecular flexibility index (Phi) is 4.74. The van der Waals surface area contributed by atoms with Gasteiger partial charge >= 0.3 is 0 Å². The highest BCUT2D eigenvalue weighted by Gasteiger charge is 2.16. The molecule has 0 unspecified atom stereocenters. The molecule has 2 N–H and O–H groups in total. The third-order valence-electron chi connectivity index (χ3n) is 3.80. The molecular formula is C18H13ClFN5OS. The molecule has 0 aliphatic rings.